The van der Waals surface area contributed by atoms with E-state index in [-0.39, 0.29) is 5.91 Å². The van der Waals surface area contributed by atoms with Gasteiger partial charge in [-0.1, -0.05) is 70.4 Å². The minimum atomic E-state index is 0.114. The summed E-state index contributed by atoms with van der Waals surface area (Å²) in [5.74, 6) is 0.114. The van der Waals surface area contributed by atoms with Gasteiger partial charge < -0.3 is 16.0 Å². The van der Waals surface area contributed by atoms with Crippen LogP contribution in [0.5, 0.6) is 0 Å². The fourth-order valence-electron chi connectivity index (χ4n) is 2.83. The van der Waals surface area contributed by atoms with Gasteiger partial charge in [0, 0.05) is 13.0 Å². The van der Waals surface area contributed by atoms with Gasteiger partial charge in [-0.15, -0.1) is 0 Å². The number of amides is 1. The van der Waals surface area contributed by atoms with E-state index < -0.39 is 0 Å². The fraction of sp³-hybridized carbons (Fsp3) is 0.857. The van der Waals surface area contributed by atoms with Gasteiger partial charge in [-0.2, -0.15) is 0 Å². The van der Waals surface area contributed by atoms with Crippen LogP contribution in [-0.2, 0) is 4.79 Å². The molecule has 4 heteroatoms. The van der Waals surface area contributed by atoms with E-state index in [1.165, 1.54) is 70.6 Å². The highest BCUT2D eigenvalue weighted by atomic mass is 16.5. The molecular weight excluding hydrogens is 312 g/mol. The number of hydrogen-bond acceptors (Lipinski definition) is 3. The Labute approximate surface area is 155 Å². The first-order valence-corrected chi connectivity index (χ1v) is 10.6. The van der Waals surface area contributed by atoms with Crippen molar-refractivity contribution >= 4 is 5.91 Å². The van der Waals surface area contributed by atoms with Crippen LogP contribution < -0.4 is 10.8 Å². The third kappa shape index (κ3) is 21.1. The molecule has 0 unspecified atom stereocenters. The smallest absolute Gasteiger partial charge is 0.219 e. The number of hydroxylamine groups is 1. The zero-order valence-electron chi connectivity index (χ0n) is 16.5. The standard InChI is InChI=1S/C21H41N2O2/c1-2-3-4-5-6-7-8-9-10-11-12-13-14-15-16-18-21(24)22-19-17-20-23-25/h9-10,23H,2-8,11-20H2,1H3,(H,22,24)/q-1/b10-9-. The van der Waals surface area contributed by atoms with Crippen molar-refractivity contribution < 1.29 is 4.79 Å². The van der Waals surface area contributed by atoms with E-state index in [4.69, 9.17) is 0 Å². The van der Waals surface area contributed by atoms with Gasteiger partial charge in [-0.25, -0.2) is 0 Å². The molecule has 4 nitrogen and oxygen atoms in total. The quantitative estimate of drug-likeness (QED) is 0.180. The lowest BCUT2D eigenvalue weighted by Crippen LogP contribution is -2.25. The lowest BCUT2D eigenvalue weighted by molar-refractivity contribution is -0.121. The number of allylic oxidation sites excluding steroid dienone is 2. The summed E-state index contributed by atoms with van der Waals surface area (Å²) in [5, 5.41) is 12.9. The molecule has 0 aliphatic rings. The van der Waals surface area contributed by atoms with Gasteiger partial charge in [0.05, 0.1) is 0 Å². The van der Waals surface area contributed by atoms with Crippen LogP contribution >= 0.6 is 0 Å². The number of unbranched alkanes of at least 4 members (excludes halogenated alkanes) is 11. The molecule has 0 heterocycles. The van der Waals surface area contributed by atoms with Crippen molar-refractivity contribution in [3.63, 3.8) is 0 Å². The second kappa shape index (κ2) is 21.2. The molecule has 148 valence electrons. The van der Waals surface area contributed by atoms with Gasteiger partial charge >= 0.3 is 0 Å². The van der Waals surface area contributed by atoms with Crippen molar-refractivity contribution in [1.29, 1.82) is 0 Å². The maximum Gasteiger partial charge on any atom is 0.219 e. The molecule has 0 radical (unpaired) electrons. The van der Waals surface area contributed by atoms with Crippen LogP contribution in [0.2, 0.25) is 0 Å². The second-order valence-electron chi connectivity index (χ2n) is 6.93. The Morgan fingerprint density at radius 1 is 0.760 bits per heavy atom. The maximum absolute atomic E-state index is 11.5. The Kier molecular flexibility index (Phi) is 20.4. The molecule has 0 aliphatic heterocycles. The first-order valence-electron chi connectivity index (χ1n) is 10.6. The monoisotopic (exact) mass is 353 g/mol. The summed E-state index contributed by atoms with van der Waals surface area (Å²) in [6.45, 7) is 3.27. The van der Waals surface area contributed by atoms with Crippen molar-refractivity contribution in [2.75, 3.05) is 13.1 Å². The number of carbonyl (C=O) groups is 1. The molecule has 1 amide bonds. The Balaban J connectivity index is 3.17. The van der Waals surface area contributed by atoms with Crippen molar-refractivity contribution in [3.8, 4) is 0 Å². The lowest BCUT2D eigenvalue weighted by atomic mass is 10.1. The molecule has 0 aromatic heterocycles. The summed E-state index contributed by atoms with van der Waals surface area (Å²) < 4.78 is 0. The Hall–Kier alpha value is -0.870. The molecule has 0 aromatic rings. The zero-order chi connectivity index (χ0) is 18.4. The molecule has 0 saturated carbocycles. The van der Waals surface area contributed by atoms with Gasteiger partial charge in [0.15, 0.2) is 0 Å². The van der Waals surface area contributed by atoms with E-state index in [2.05, 4.69) is 24.4 Å². The van der Waals surface area contributed by atoms with Crippen molar-refractivity contribution in [1.82, 2.24) is 10.8 Å². The SMILES string of the molecule is CCCCCCCC/C=C\CCCCCCCC(=O)NCCCN[O-]. The predicted molar refractivity (Wildman–Crippen MR) is 108 cm³/mol. The molecule has 0 atom stereocenters. The summed E-state index contributed by atoms with van der Waals surface area (Å²) in [7, 11) is 0. The van der Waals surface area contributed by atoms with E-state index in [1.807, 2.05) is 5.48 Å². The molecule has 0 aromatic carbocycles. The number of carbonyl (C=O) groups excluding carboxylic acids is 1. The molecular formula is C21H41N2O2-. The predicted octanol–water partition coefficient (Wildman–Crippen LogP) is 5.62. The first kappa shape index (κ1) is 24.1. The van der Waals surface area contributed by atoms with Gasteiger partial charge in [0.2, 0.25) is 5.91 Å². The van der Waals surface area contributed by atoms with Crippen molar-refractivity contribution in [3.05, 3.63) is 17.4 Å². The highest BCUT2D eigenvalue weighted by molar-refractivity contribution is 5.75. The van der Waals surface area contributed by atoms with Gasteiger partial charge in [0.1, 0.15) is 0 Å². The van der Waals surface area contributed by atoms with E-state index in [9.17, 15) is 10.0 Å². The minimum Gasteiger partial charge on any atom is -0.788 e. The van der Waals surface area contributed by atoms with Crippen LogP contribution in [0.1, 0.15) is 103 Å². The first-order chi connectivity index (χ1) is 12.3. The number of rotatable bonds is 19. The van der Waals surface area contributed by atoms with Crippen LogP contribution in [0, 0.1) is 5.21 Å². The minimum absolute atomic E-state index is 0.114. The largest absolute Gasteiger partial charge is 0.788 e. The number of nitrogens with one attached hydrogen (secondary N) is 2. The third-order valence-corrected chi connectivity index (χ3v) is 4.44. The zero-order valence-corrected chi connectivity index (χ0v) is 16.5. The van der Waals surface area contributed by atoms with Gasteiger partial charge in [-0.05, 0) is 45.1 Å². The molecule has 2 N–H and O–H groups in total. The normalized spacial score (nSPS) is 11.3. The average molecular weight is 354 g/mol. The van der Waals surface area contributed by atoms with E-state index >= 15 is 0 Å². The molecule has 0 spiro atoms. The molecule has 0 rings (SSSR count). The molecule has 0 fully saturated rings. The molecule has 0 aliphatic carbocycles. The Morgan fingerprint density at radius 2 is 1.32 bits per heavy atom. The van der Waals surface area contributed by atoms with Crippen LogP contribution in [0.4, 0.5) is 0 Å². The van der Waals surface area contributed by atoms with Gasteiger partial charge in [-0.3, -0.25) is 4.79 Å². The van der Waals surface area contributed by atoms with Crippen LogP contribution in [0.15, 0.2) is 12.2 Å². The second-order valence-corrected chi connectivity index (χ2v) is 6.93. The number of hydrogen-bond donors (Lipinski definition) is 2. The highest BCUT2D eigenvalue weighted by Gasteiger charge is 1.99. The summed E-state index contributed by atoms with van der Waals surface area (Å²) in [5.41, 5.74) is 1.84. The topological polar surface area (TPSA) is 64.2 Å². The molecule has 25 heavy (non-hydrogen) atoms. The summed E-state index contributed by atoms with van der Waals surface area (Å²) in [6, 6.07) is 0. The van der Waals surface area contributed by atoms with Crippen LogP contribution in [-0.4, -0.2) is 19.0 Å². The van der Waals surface area contributed by atoms with E-state index in [0.717, 1.165) is 12.8 Å². The fourth-order valence-corrected chi connectivity index (χ4v) is 2.83. The molecule has 0 saturated heterocycles. The van der Waals surface area contributed by atoms with Crippen LogP contribution in [0.3, 0.4) is 0 Å². The van der Waals surface area contributed by atoms with E-state index in [1.54, 1.807) is 0 Å². The average Bonchev–Trinajstić information content (AvgIpc) is 2.62. The van der Waals surface area contributed by atoms with E-state index in [0.29, 0.717) is 25.9 Å². The maximum atomic E-state index is 11.5. The van der Waals surface area contributed by atoms with Gasteiger partial charge in [0.25, 0.3) is 0 Å². The summed E-state index contributed by atoms with van der Waals surface area (Å²) >= 11 is 0. The summed E-state index contributed by atoms with van der Waals surface area (Å²) in [4.78, 5) is 11.5. The van der Waals surface area contributed by atoms with Crippen molar-refractivity contribution in [2.24, 2.45) is 0 Å². The Morgan fingerprint density at radius 3 is 1.92 bits per heavy atom. The molecule has 0 bridgehead atoms. The lowest BCUT2D eigenvalue weighted by Gasteiger charge is -2.08. The summed E-state index contributed by atoms with van der Waals surface area (Å²) in [6.07, 6.45) is 22.6. The Bertz CT molecular complexity index is 306. The third-order valence-electron chi connectivity index (χ3n) is 4.44. The highest BCUT2D eigenvalue weighted by Crippen LogP contribution is 2.09. The van der Waals surface area contributed by atoms with Crippen LogP contribution in [0.25, 0.3) is 0 Å². The van der Waals surface area contributed by atoms with Crippen molar-refractivity contribution in [2.45, 2.75) is 103 Å².